The summed E-state index contributed by atoms with van der Waals surface area (Å²) >= 11 is 0. The summed E-state index contributed by atoms with van der Waals surface area (Å²) in [4.78, 5) is 43.7. The lowest BCUT2D eigenvalue weighted by molar-refractivity contribution is -0.138. The smallest absolute Gasteiger partial charge is 0.340 e. The van der Waals surface area contributed by atoms with Crippen LogP contribution < -0.4 is 20.9 Å². The highest BCUT2D eigenvalue weighted by atomic mass is 16.5. The molecule has 36 heavy (non-hydrogen) atoms. The van der Waals surface area contributed by atoms with Crippen molar-refractivity contribution in [2.24, 2.45) is 11.7 Å². The van der Waals surface area contributed by atoms with Gasteiger partial charge in [-0.05, 0) is 43.9 Å². The number of fused-ring (bicyclic) bond motifs is 4. The standard InChI is InChI=1S/C27H25N3O6/c1-15-12-20-21(24(31)29(15)14-17-6-5-11-35-17)27(22(23(28)36-20)25(32)34-2)18-7-3-4-8-19(18)30(26(27)33)13-16-9-10-16/h3-8,11-12,16H,9-10,13-14,28H2,1-2H3. The molecule has 3 aromatic rings. The molecule has 1 fully saturated rings. The van der Waals surface area contributed by atoms with Crippen molar-refractivity contribution in [2.75, 3.05) is 18.6 Å². The quantitative estimate of drug-likeness (QED) is 0.550. The first kappa shape index (κ1) is 22.2. The van der Waals surface area contributed by atoms with Crippen LogP contribution in [0.2, 0.25) is 0 Å². The SMILES string of the molecule is COC(=O)C1=C(N)Oc2cc(C)n(Cc3ccco3)c(=O)c2C12C(=O)N(CC1CC1)c1ccccc12. The molecule has 2 N–H and O–H groups in total. The lowest BCUT2D eigenvalue weighted by Gasteiger charge is -2.36. The molecule has 1 unspecified atom stereocenters. The van der Waals surface area contributed by atoms with E-state index in [9.17, 15) is 14.4 Å². The van der Waals surface area contributed by atoms with E-state index in [2.05, 4.69) is 0 Å². The molecule has 0 saturated heterocycles. The van der Waals surface area contributed by atoms with Crippen molar-refractivity contribution < 1.29 is 23.5 Å². The van der Waals surface area contributed by atoms with Crippen molar-refractivity contribution in [3.63, 3.8) is 0 Å². The molecule has 4 heterocycles. The number of nitrogens with zero attached hydrogens (tertiary/aromatic N) is 2. The highest BCUT2D eigenvalue weighted by molar-refractivity contribution is 6.18. The fourth-order valence-electron chi connectivity index (χ4n) is 5.43. The number of nitrogens with two attached hydrogens (primary N) is 1. The maximum atomic E-state index is 14.5. The molecule has 184 valence electrons. The number of esters is 1. The minimum absolute atomic E-state index is 0.0463. The Labute approximate surface area is 206 Å². The van der Waals surface area contributed by atoms with Crippen LogP contribution in [0.25, 0.3) is 0 Å². The predicted octanol–water partition coefficient (Wildman–Crippen LogP) is 2.58. The van der Waals surface area contributed by atoms with Crippen molar-refractivity contribution in [1.29, 1.82) is 0 Å². The van der Waals surface area contributed by atoms with E-state index in [1.54, 1.807) is 42.2 Å². The Morgan fingerprint density at radius 2 is 1.97 bits per heavy atom. The molecular formula is C27H25N3O6. The van der Waals surface area contributed by atoms with E-state index in [0.29, 0.717) is 35.2 Å². The number of carbonyl (C=O) groups excluding carboxylic acids is 2. The second kappa shape index (κ2) is 7.87. The zero-order valence-electron chi connectivity index (χ0n) is 19.9. The van der Waals surface area contributed by atoms with E-state index in [4.69, 9.17) is 19.6 Å². The van der Waals surface area contributed by atoms with Gasteiger partial charge in [0.15, 0.2) is 0 Å². The molecule has 1 atom stereocenters. The van der Waals surface area contributed by atoms with Crippen LogP contribution in [0.15, 0.2) is 69.4 Å². The summed E-state index contributed by atoms with van der Waals surface area (Å²) in [6.07, 6.45) is 3.58. The van der Waals surface area contributed by atoms with Crippen molar-refractivity contribution >= 4 is 17.6 Å². The summed E-state index contributed by atoms with van der Waals surface area (Å²) in [6.45, 7) is 2.41. The van der Waals surface area contributed by atoms with E-state index in [-0.39, 0.29) is 29.3 Å². The minimum atomic E-state index is -1.80. The first-order valence-corrected chi connectivity index (χ1v) is 11.8. The second-order valence-electron chi connectivity index (χ2n) is 9.45. The van der Waals surface area contributed by atoms with E-state index in [1.807, 2.05) is 12.1 Å². The van der Waals surface area contributed by atoms with Gasteiger partial charge in [0, 0.05) is 29.6 Å². The zero-order chi connectivity index (χ0) is 25.2. The van der Waals surface area contributed by atoms with E-state index in [0.717, 1.165) is 12.8 Å². The Kier molecular flexibility index (Phi) is 4.86. The minimum Gasteiger partial charge on any atom is -0.467 e. The average Bonchev–Trinajstić information content (AvgIpc) is 3.48. The van der Waals surface area contributed by atoms with Crippen LogP contribution >= 0.6 is 0 Å². The number of aromatic nitrogens is 1. The Morgan fingerprint density at radius 3 is 2.67 bits per heavy atom. The molecule has 0 radical (unpaired) electrons. The summed E-state index contributed by atoms with van der Waals surface area (Å²) in [5, 5.41) is 0. The van der Waals surface area contributed by atoms with Crippen molar-refractivity contribution in [2.45, 2.75) is 31.7 Å². The number of ether oxygens (including phenoxy) is 2. The largest absolute Gasteiger partial charge is 0.467 e. The number of methoxy groups -OCH3 is 1. The topological polar surface area (TPSA) is 117 Å². The van der Waals surface area contributed by atoms with Gasteiger partial charge in [0.05, 0.1) is 25.5 Å². The van der Waals surface area contributed by atoms with Gasteiger partial charge in [0.1, 0.15) is 22.5 Å². The maximum Gasteiger partial charge on any atom is 0.340 e. The highest BCUT2D eigenvalue weighted by Gasteiger charge is 2.62. The van der Waals surface area contributed by atoms with E-state index < -0.39 is 22.9 Å². The second-order valence-corrected chi connectivity index (χ2v) is 9.45. The number of rotatable bonds is 5. The zero-order valence-corrected chi connectivity index (χ0v) is 19.9. The molecule has 3 aliphatic rings. The number of pyridine rings is 1. The van der Waals surface area contributed by atoms with Crippen LogP contribution in [0.5, 0.6) is 5.75 Å². The Hall–Kier alpha value is -4.27. The van der Waals surface area contributed by atoms with Crippen LogP contribution in [0, 0.1) is 12.8 Å². The summed E-state index contributed by atoms with van der Waals surface area (Å²) in [6, 6.07) is 12.4. The van der Waals surface area contributed by atoms with E-state index >= 15 is 0 Å². The molecular weight excluding hydrogens is 462 g/mol. The fourth-order valence-corrected chi connectivity index (χ4v) is 5.43. The van der Waals surface area contributed by atoms with Gasteiger partial charge in [-0.3, -0.25) is 9.59 Å². The monoisotopic (exact) mass is 487 g/mol. The molecule has 2 aliphatic heterocycles. The van der Waals surface area contributed by atoms with Crippen LogP contribution in [0.1, 0.15) is 35.4 Å². The summed E-state index contributed by atoms with van der Waals surface area (Å²) < 4.78 is 17.9. The number of benzene rings is 1. The first-order valence-electron chi connectivity index (χ1n) is 11.8. The van der Waals surface area contributed by atoms with Gasteiger partial charge in [-0.1, -0.05) is 18.2 Å². The number of anilines is 1. The molecule has 0 bridgehead atoms. The van der Waals surface area contributed by atoms with Crippen molar-refractivity contribution in [1.82, 2.24) is 4.57 Å². The lowest BCUT2D eigenvalue weighted by atomic mass is 9.68. The molecule has 6 rings (SSSR count). The lowest BCUT2D eigenvalue weighted by Crippen LogP contribution is -2.52. The van der Waals surface area contributed by atoms with E-state index in [1.165, 1.54) is 17.9 Å². The van der Waals surface area contributed by atoms with Gasteiger partial charge in [-0.25, -0.2) is 4.79 Å². The van der Waals surface area contributed by atoms with Crippen LogP contribution in [0.3, 0.4) is 0 Å². The number of hydrogen-bond donors (Lipinski definition) is 1. The number of para-hydroxylation sites is 1. The van der Waals surface area contributed by atoms with Gasteiger partial charge in [0.2, 0.25) is 11.8 Å². The van der Waals surface area contributed by atoms with Crippen LogP contribution in [-0.2, 0) is 26.3 Å². The Morgan fingerprint density at radius 1 is 1.19 bits per heavy atom. The molecule has 9 heteroatoms. The summed E-state index contributed by atoms with van der Waals surface area (Å²) in [7, 11) is 1.21. The van der Waals surface area contributed by atoms with Crippen molar-refractivity contribution in [3.05, 3.63) is 93.1 Å². The van der Waals surface area contributed by atoms with Crippen molar-refractivity contribution in [3.8, 4) is 5.75 Å². The Balaban J connectivity index is 1.68. The molecule has 2 aromatic heterocycles. The van der Waals surface area contributed by atoms with Gasteiger partial charge in [-0.2, -0.15) is 0 Å². The molecule has 1 aromatic carbocycles. The third-order valence-electron chi connectivity index (χ3n) is 7.27. The van der Waals surface area contributed by atoms with Gasteiger partial charge < -0.3 is 29.1 Å². The summed E-state index contributed by atoms with van der Waals surface area (Å²) in [5.41, 5.74) is 5.66. The van der Waals surface area contributed by atoms with Crippen LogP contribution in [0.4, 0.5) is 5.69 Å². The van der Waals surface area contributed by atoms with Gasteiger partial charge in [0.25, 0.3) is 5.56 Å². The van der Waals surface area contributed by atoms with Gasteiger partial charge >= 0.3 is 5.97 Å². The predicted molar refractivity (Wildman–Crippen MR) is 129 cm³/mol. The van der Waals surface area contributed by atoms with Gasteiger partial charge in [-0.15, -0.1) is 0 Å². The molecule has 1 aliphatic carbocycles. The molecule has 1 spiro atoms. The number of carbonyl (C=O) groups is 2. The maximum absolute atomic E-state index is 14.5. The number of hydrogen-bond acceptors (Lipinski definition) is 7. The Bertz CT molecular complexity index is 1500. The highest BCUT2D eigenvalue weighted by Crippen LogP contribution is 2.55. The fraction of sp³-hybridized carbons (Fsp3) is 0.296. The normalized spacial score (nSPS) is 20.4. The first-order chi connectivity index (χ1) is 17.4. The molecule has 1 saturated carbocycles. The summed E-state index contributed by atoms with van der Waals surface area (Å²) in [5.74, 6) is -0.403. The number of amides is 1. The third-order valence-corrected chi connectivity index (χ3v) is 7.27. The van der Waals surface area contributed by atoms with Crippen LogP contribution in [-0.4, -0.2) is 30.1 Å². The third kappa shape index (κ3) is 2.98. The molecule has 1 amide bonds. The average molecular weight is 488 g/mol. The number of furan rings is 1. The number of aryl methyl sites for hydroxylation is 1. The molecule has 9 nitrogen and oxygen atoms in total.